The van der Waals surface area contributed by atoms with E-state index >= 15 is 0 Å². The minimum Gasteiger partial charge on any atom is -0.373 e. The van der Waals surface area contributed by atoms with E-state index < -0.39 is 0 Å². The molecule has 2 aliphatic heterocycles. The molecule has 1 saturated heterocycles. The molecule has 1 aromatic carbocycles. The average Bonchev–Trinajstić information content (AvgIpc) is 3.22. The Hall–Kier alpha value is -3.07. The first-order valence-electron chi connectivity index (χ1n) is 10.6. The van der Waals surface area contributed by atoms with Crippen LogP contribution in [0.4, 0.5) is 15.9 Å². The largest absolute Gasteiger partial charge is 0.373 e. The molecular weight excluding hydrogens is 399 g/mol. The number of carbonyl (C=O) groups excluding carboxylic acids is 2. The number of aromatic nitrogens is 2. The quantitative estimate of drug-likeness (QED) is 0.763. The van der Waals surface area contributed by atoms with Crippen molar-refractivity contribution in [3.8, 4) is 0 Å². The second kappa shape index (κ2) is 8.97. The number of amides is 2. The monoisotopic (exact) mass is 426 g/mol. The molecule has 1 unspecified atom stereocenters. The Morgan fingerprint density at radius 1 is 1.19 bits per heavy atom. The maximum atomic E-state index is 13.1. The van der Waals surface area contributed by atoms with Crippen LogP contribution in [0.15, 0.2) is 24.3 Å². The summed E-state index contributed by atoms with van der Waals surface area (Å²) in [6.07, 6.45) is 2.53. The molecule has 0 aliphatic carbocycles. The molecule has 0 saturated carbocycles. The molecular formula is C22H27FN6O2. The lowest BCUT2D eigenvalue weighted by molar-refractivity contribution is -0.129. The molecule has 1 atom stereocenters. The molecule has 4 rings (SSSR count). The van der Waals surface area contributed by atoms with Gasteiger partial charge >= 0.3 is 0 Å². The van der Waals surface area contributed by atoms with E-state index in [1.807, 2.05) is 7.05 Å². The van der Waals surface area contributed by atoms with Crippen molar-refractivity contribution in [3.63, 3.8) is 0 Å². The summed E-state index contributed by atoms with van der Waals surface area (Å²) in [7, 11) is 1.84. The Morgan fingerprint density at radius 2 is 1.97 bits per heavy atom. The van der Waals surface area contributed by atoms with Gasteiger partial charge in [-0.3, -0.25) is 14.5 Å². The van der Waals surface area contributed by atoms with Gasteiger partial charge in [-0.1, -0.05) is 0 Å². The number of likely N-dealkylation sites (tertiary alicyclic amines) is 1. The van der Waals surface area contributed by atoms with E-state index in [0.717, 1.165) is 42.9 Å². The first-order valence-corrected chi connectivity index (χ1v) is 10.6. The van der Waals surface area contributed by atoms with Crippen molar-refractivity contribution >= 4 is 23.3 Å². The predicted octanol–water partition coefficient (Wildman–Crippen LogP) is 2.34. The fraction of sp³-hybridized carbons (Fsp3) is 0.455. The topological polar surface area (TPSA) is 90.5 Å². The van der Waals surface area contributed by atoms with Gasteiger partial charge in [-0.15, -0.1) is 0 Å². The van der Waals surface area contributed by atoms with Crippen LogP contribution in [0.3, 0.4) is 0 Å². The first kappa shape index (κ1) is 21.2. The highest BCUT2D eigenvalue weighted by Crippen LogP contribution is 2.32. The van der Waals surface area contributed by atoms with E-state index in [0.29, 0.717) is 24.6 Å². The lowest BCUT2D eigenvalue weighted by atomic mass is 10.0. The number of hydrogen-bond acceptors (Lipinski definition) is 6. The predicted molar refractivity (Wildman–Crippen MR) is 115 cm³/mol. The van der Waals surface area contributed by atoms with Crippen LogP contribution in [0.25, 0.3) is 0 Å². The number of nitrogens with one attached hydrogen (secondary N) is 2. The van der Waals surface area contributed by atoms with Gasteiger partial charge in [-0.25, -0.2) is 14.4 Å². The molecule has 3 heterocycles. The first-order chi connectivity index (χ1) is 14.9. The van der Waals surface area contributed by atoms with Gasteiger partial charge in [-0.05, 0) is 50.1 Å². The Balaban J connectivity index is 1.51. The van der Waals surface area contributed by atoms with Crippen molar-refractivity contribution in [2.45, 2.75) is 38.8 Å². The number of hydrogen-bond donors (Lipinski definition) is 2. The van der Waals surface area contributed by atoms with Gasteiger partial charge in [0.25, 0.3) is 0 Å². The van der Waals surface area contributed by atoms with E-state index in [9.17, 15) is 14.0 Å². The third-order valence-corrected chi connectivity index (χ3v) is 5.90. The Kier molecular flexibility index (Phi) is 6.13. The van der Waals surface area contributed by atoms with Crippen LogP contribution in [-0.4, -0.2) is 58.3 Å². The smallest absolute Gasteiger partial charge is 0.238 e. The molecule has 8 nitrogen and oxygen atoms in total. The number of fused-ring (bicyclic) bond motifs is 1. The third-order valence-electron chi connectivity index (χ3n) is 5.90. The molecule has 9 heteroatoms. The van der Waals surface area contributed by atoms with E-state index in [-0.39, 0.29) is 30.2 Å². The summed E-state index contributed by atoms with van der Waals surface area (Å²) in [6.45, 7) is 3.70. The van der Waals surface area contributed by atoms with Crippen LogP contribution < -0.4 is 10.6 Å². The normalized spacial score (nSPS) is 18.5. The van der Waals surface area contributed by atoms with Gasteiger partial charge < -0.3 is 15.5 Å². The van der Waals surface area contributed by atoms with Crippen molar-refractivity contribution in [1.29, 1.82) is 0 Å². The highest BCUT2D eigenvalue weighted by atomic mass is 19.1. The van der Waals surface area contributed by atoms with Crippen LogP contribution in [-0.2, 0) is 22.6 Å². The summed E-state index contributed by atoms with van der Waals surface area (Å²) in [5, 5.41) is 5.99. The van der Waals surface area contributed by atoms with Crippen LogP contribution in [0.2, 0.25) is 0 Å². The summed E-state index contributed by atoms with van der Waals surface area (Å²) < 4.78 is 13.1. The molecule has 0 spiro atoms. The van der Waals surface area contributed by atoms with E-state index in [2.05, 4.69) is 15.5 Å². The van der Waals surface area contributed by atoms with Crippen LogP contribution in [0, 0.1) is 5.82 Å². The summed E-state index contributed by atoms with van der Waals surface area (Å²) in [4.78, 5) is 37.9. The molecule has 164 valence electrons. The maximum Gasteiger partial charge on any atom is 0.238 e. The second-order valence-electron chi connectivity index (χ2n) is 7.98. The van der Waals surface area contributed by atoms with E-state index in [1.54, 1.807) is 24.0 Å². The van der Waals surface area contributed by atoms with Crippen LogP contribution >= 0.6 is 0 Å². The Morgan fingerprint density at radius 3 is 2.68 bits per heavy atom. The fourth-order valence-corrected chi connectivity index (χ4v) is 4.30. The standard InChI is InChI=1S/C22H27FN6O2/c1-14(30)28-11-9-17-18(12-28)26-22(27-21(17)24-2)19-4-3-10-29(19)13-20(31)25-16-7-5-15(23)6-8-16/h5-8,19H,3-4,9-13H2,1-2H3,(H,25,31)(H,24,26,27). The lowest BCUT2D eigenvalue weighted by Crippen LogP contribution is -2.37. The highest BCUT2D eigenvalue weighted by molar-refractivity contribution is 5.92. The Labute approximate surface area is 180 Å². The number of nitrogens with zero attached hydrogens (tertiary/aromatic N) is 4. The van der Waals surface area contributed by atoms with Crippen molar-refractivity contribution in [2.24, 2.45) is 0 Å². The second-order valence-corrected chi connectivity index (χ2v) is 7.98. The lowest BCUT2D eigenvalue weighted by Gasteiger charge is -2.30. The summed E-state index contributed by atoms with van der Waals surface area (Å²) in [5.74, 6) is 1.02. The minimum absolute atomic E-state index is 0.0387. The molecule has 31 heavy (non-hydrogen) atoms. The highest BCUT2D eigenvalue weighted by Gasteiger charge is 2.32. The third kappa shape index (κ3) is 4.66. The maximum absolute atomic E-state index is 13.1. The molecule has 2 aromatic rings. The van der Waals surface area contributed by atoms with Crippen molar-refractivity contribution in [3.05, 3.63) is 47.2 Å². The molecule has 1 fully saturated rings. The average molecular weight is 426 g/mol. The zero-order valence-corrected chi connectivity index (χ0v) is 17.8. The molecule has 1 aromatic heterocycles. The molecule has 2 aliphatic rings. The molecule has 0 bridgehead atoms. The van der Waals surface area contributed by atoms with Crippen LogP contribution in [0.1, 0.15) is 42.9 Å². The fourth-order valence-electron chi connectivity index (χ4n) is 4.30. The van der Waals surface area contributed by atoms with Gasteiger partial charge in [0, 0.05) is 31.8 Å². The van der Waals surface area contributed by atoms with Gasteiger partial charge in [0.05, 0.1) is 24.8 Å². The number of rotatable bonds is 5. The molecule has 0 radical (unpaired) electrons. The number of carbonyl (C=O) groups is 2. The minimum atomic E-state index is -0.342. The van der Waals surface area contributed by atoms with Crippen molar-refractivity contribution < 1.29 is 14.0 Å². The van der Waals surface area contributed by atoms with Gasteiger partial charge in [0.15, 0.2) is 0 Å². The van der Waals surface area contributed by atoms with Gasteiger partial charge in [0.2, 0.25) is 11.8 Å². The van der Waals surface area contributed by atoms with Gasteiger partial charge in [0.1, 0.15) is 17.5 Å². The summed E-state index contributed by atoms with van der Waals surface area (Å²) >= 11 is 0. The number of benzene rings is 1. The van der Waals surface area contributed by atoms with Crippen LogP contribution in [0.5, 0.6) is 0 Å². The van der Waals surface area contributed by atoms with E-state index in [1.165, 1.54) is 12.1 Å². The van der Waals surface area contributed by atoms with Gasteiger partial charge in [-0.2, -0.15) is 0 Å². The summed E-state index contributed by atoms with van der Waals surface area (Å²) in [6, 6.07) is 5.66. The van der Waals surface area contributed by atoms with Crippen molar-refractivity contribution in [2.75, 3.05) is 37.3 Å². The summed E-state index contributed by atoms with van der Waals surface area (Å²) in [5.41, 5.74) is 2.50. The zero-order chi connectivity index (χ0) is 22.0. The number of halogens is 1. The molecule has 2 amide bonds. The molecule has 2 N–H and O–H groups in total. The SMILES string of the molecule is CNc1nc(C2CCCN2CC(=O)Nc2ccc(F)cc2)nc2c1CCN(C(C)=O)C2. The van der Waals surface area contributed by atoms with E-state index in [4.69, 9.17) is 9.97 Å². The van der Waals surface area contributed by atoms with Crippen molar-refractivity contribution in [1.82, 2.24) is 19.8 Å². The zero-order valence-electron chi connectivity index (χ0n) is 17.8. The Bertz CT molecular complexity index is 981. The number of anilines is 2.